The lowest BCUT2D eigenvalue weighted by molar-refractivity contribution is -0.125. The van der Waals surface area contributed by atoms with Crippen molar-refractivity contribution in [2.75, 3.05) is 0 Å². The third-order valence-corrected chi connectivity index (χ3v) is 8.16. The van der Waals surface area contributed by atoms with E-state index < -0.39 is 17.7 Å². The number of ketones is 1. The van der Waals surface area contributed by atoms with E-state index in [1.807, 2.05) is 13.0 Å². The smallest absolute Gasteiger partial charge is 0.178 e. The highest BCUT2D eigenvalue weighted by Crippen LogP contribution is 2.66. The van der Waals surface area contributed by atoms with Gasteiger partial charge in [0.15, 0.2) is 5.78 Å². The van der Waals surface area contributed by atoms with Gasteiger partial charge in [-0.1, -0.05) is 33.3 Å². The molecule has 4 aliphatic rings. The first-order chi connectivity index (χ1) is 11.3. The molecular weight excluding hydrogens is 303 g/mol. The monoisotopic (exact) mass is 332 g/mol. The summed E-state index contributed by atoms with van der Waals surface area (Å²) in [5.41, 5.74) is 0.228. The van der Waals surface area contributed by atoms with Gasteiger partial charge >= 0.3 is 0 Å². The summed E-state index contributed by atoms with van der Waals surface area (Å²) < 4.78 is 15.1. The van der Waals surface area contributed by atoms with Gasteiger partial charge in [0.2, 0.25) is 0 Å². The molecule has 0 heterocycles. The maximum Gasteiger partial charge on any atom is 0.178 e. The van der Waals surface area contributed by atoms with Crippen molar-refractivity contribution in [3.8, 4) is 0 Å². The number of hydrogen-bond acceptors (Lipinski definition) is 2. The van der Waals surface area contributed by atoms with Crippen LogP contribution in [-0.2, 0) is 4.79 Å². The number of fused-ring (bicyclic) bond motifs is 5. The Morgan fingerprint density at radius 1 is 1.33 bits per heavy atom. The summed E-state index contributed by atoms with van der Waals surface area (Å²) in [6.07, 6.45) is 8.28. The molecule has 3 saturated carbocycles. The van der Waals surface area contributed by atoms with Gasteiger partial charge in [-0.05, 0) is 66.6 Å². The van der Waals surface area contributed by atoms with E-state index in [4.69, 9.17) is 0 Å². The molecule has 1 N–H and O–H groups in total. The fourth-order valence-corrected chi connectivity index (χ4v) is 7.11. The molecule has 0 aromatic rings. The molecule has 2 nitrogen and oxygen atoms in total. The molecule has 0 aromatic carbocycles. The second-order valence-electron chi connectivity index (χ2n) is 9.08. The Kier molecular flexibility index (Phi) is 3.62. The van der Waals surface area contributed by atoms with Crippen molar-refractivity contribution in [3.63, 3.8) is 0 Å². The predicted molar refractivity (Wildman–Crippen MR) is 92.1 cm³/mol. The normalized spacial score (nSPS) is 53.2. The van der Waals surface area contributed by atoms with Gasteiger partial charge in [-0.3, -0.25) is 4.79 Å². The first-order valence-electron chi connectivity index (χ1n) is 9.58. The SMILES string of the molecule is CC[C@H]1CC[C@H]2[C@@H]3C[C@@H](F)C4=CC(=O)C=C[C@]4(C)[C@H]3[C@@H](O)C[C@]12C. The van der Waals surface area contributed by atoms with Crippen LogP contribution in [0.3, 0.4) is 0 Å². The van der Waals surface area contributed by atoms with Crippen LogP contribution in [0.25, 0.3) is 0 Å². The molecule has 3 heteroatoms. The number of halogens is 1. The number of aliphatic hydroxyl groups excluding tert-OH is 1. The average molecular weight is 332 g/mol. The summed E-state index contributed by atoms with van der Waals surface area (Å²) in [7, 11) is 0. The molecule has 0 bridgehead atoms. The minimum atomic E-state index is -1.06. The summed E-state index contributed by atoms with van der Waals surface area (Å²) in [5, 5.41) is 11.1. The lowest BCUT2D eigenvalue weighted by Gasteiger charge is -2.59. The van der Waals surface area contributed by atoms with E-state index in [0.29, 0.717) is 23.8 Å². The van der Waals surface area contributed by atoms with Crippen LogP contribution in [0.1, 0.15) is 52.9 Å². The molecule has 0 unspecified atom stereocenters. The van der Waals surface area contributed by atoms with Crippen LogP contribution in [0, 0.1) is 34.5 Å². The number of carbonyl (C=O) groups is 1. The second-order valence-corrected chi connectivity index (χ2v) is 9.08. The highest BCUT2D eigenvalue weighted by Gasteiger charge is 2.62. The summed E-state index contributed by atoms with van der Waals surface area (Å²) in [5.74, 6) is 1.27. The van der Waals surface area contributed by atoms with E-state index in [0.717, 1.165) is 19.3 Å². The Morgan fingerprint density at radius 3 is 2.79 bits per heavy atom. The zero-order valence-electron chi connectivity index (χ0n) is 15.0. The molecule has 3 fully saturated rings. The molecule has 24 heavy (non-hydrogen) atoms. The van der Waals surface area contributed by atoms with Gasteiger partial charge in [0, 0.05) is 11.3 Å². The van der Waals surface area contributed by atoms with Crippen molar-refractivity contribution in [1.29, 1.82) is 0 Å². The van der Waals surface area contributed by atoms with E-state index in [-0.39, 0.29) is 23.0 Å². The maximum absolute atomic E-state index is 15.1. The van der Waals surface area contributed by atoms with E-state index >= 15 is 4.39 Å². The van der Waals surface area contributed by atoms with Crippen LogP contribution in [-0.4, -0.2) is 23.2 Å². The number of rotatable bonds is 1. The first kappa shape index (κ1) is 16.5. The quantitative estimate of drug-likeness (QED) is 0.780. The Hall–Kier alpha value is -0.960. The minimum absolute atomic E-state index is 0.0359. The lowest BCUT2D eigenvalue weighted by Crippen LogP contribution is -2.57. The van der Waals surface area contributed by atoms with Crippen LogP contribution < -0.4 is 0 Å². The molecule has 0 radical (unpaired) electrons. The van der Waals surface area contributed by atoms with Gasteiger partial charge in [0.1, 0.15) is 6.17 Å². The second kappa shape index (κ2) is 5.27. The first-order valence-corrected chi connectivity index (χ1v) is 9.58. The van der Waals surface area contributed by atoms with Crippen LogP contribution in [0.5, 0.6) is 0 Å². The zero-order chi connectivity index (χ0) is 17.3. The van der Waals surface area contributed by atoms with Crippen LogP contribution in [0.4, 0.5) is 4.39 Å². The van der Waals surface area contributed by atoms with Gasteiger partial charge in [0.05, 0.1) is 6.10 Å². The van der Waals surface area contributed by atoms with Crippen LogP contribution >= 0.6 is 0 Å². The zero-order valence-corrected chi connectivity index (χ0v) is 15.0. The van der Waals surface area contributed by atoms with Crippen molar-refractivity contribution < 1.29 is 14.3 Å². The number of allylic oxidation sites excluding steroid dienone is 4. The Morgan fingerprint density at radius 2 is 2.08 bits per heavy atom. The number of aliphatic hydroxyl groups is 1. The third kappa shape index (κ3) is 2.00. The van der Waals surface area contributed by atoms with Crippen molar-refractivity contribution in [1.82, 2.24) is 0 Å². The van der Waals surface area contributed by atoms with E-state index in [9.17, 15) is 9.90 Å². The molecule has 4 aliphatic carbocycles. The summed E-state index contributed by atoms with van der Waals surface area (Å²) in [4.78, 5) is 11.8. The fourth-order valence-electron chi connectivity index (χ4n) is 7.11. The third-order valence-electron chi connectivity index (χ3n) is 8.16. The van der Waals surface area contributed by atoms with Gasteiger partial charge < -0.3 is 5.11 Å². The molecule has 132 valence electrons. The van der Waals surface area contributed by atoms with Gasteiger partial charge in [-0.25, -0.2) is 4.39 Å². The Labute approximate surface area is 144 Å². The maximum atomic E-state index is 15.1. The van der Waals surface area contributed by atoms with Crippen molar-refractivity contribution >= 4 is 5.78 Å². The highest BCUT2D eigenvalue weighted by molar-refractivity contribution is 6.01. The molecule has 0 saturated heterocycles. The van der Waals surface area contributed by atoms with E-state index in [2.05, 4.69) is 13.8 Å². The van der Waals surface area contributed by atoms with Crippen molar-refractivity contribution in [2.45, 2.75) is 65.2 Å². The molecule has 4 rings (SSSR count). The topological polar surface area (TPSA) is 37.3 Å². The lowest BCUT2D eigenvalue weighted by atomic mass is 9.46. The molecule has 0 amide bonds. The largest absolute Gasteiger partial charge is 0.393 e. The molecular formula is C21H29FO2. The minimum Gasteiger partial charge on any atom is -0.393 e. The summed E-state index contributed by atoms with van der Waals surface area (Å²) >= 11 is 0. The van der Waals surface area contributed by atoms with Gasteiger partial charge in [-0.2, -0.15) is 0 Å². The number of carbonyl (C=O) groups excluding carboxylic acids is 1. The number of alkyl halides is 1. The molecule has 0 aromatic heterocycles. The Bertz CT molecular complexity index is 623. The predicted octanol–water partition coefficient (Wildman–Crippen LogP) is 4.24. The van der Waals surface area contributed by atoms with Crippen LogP contribution in [0.15, 0.2) is 23.8 Å². The Balaban J connectivity index is 1.77. The van der Waals surface area contributed by atoms with Crippen molar-refractivity contribution in [2.24, 2.45) is 34.5 Å². The highest BCUT2D eigenvalue weighted by atomic mass is 19.1. The van der Waals surface area contributed by atoms with Crippen LogP contribution in [0.2, 0.25) is 0 Å². The van der Waals surface area contributed by atoms with Gasteiger partial charge in [0.25, 0.3) is 0 Å². The molecule has 0 aliphatic heterocycles. The number of hydrogen-bond donors (Lipinski definition) is 1. The molecule has 0 spiro atoms. The summed E-state index contributed by atoms with van der Waals surface area (Å²) in [6, 6.07) is 0. The summed E-state index contributed by atoms with van der Waals surface area (Å²) in [6.45, 7) is 6.61. The molecule has 8 atom stereocenters. The standard InChI is InChI=1S/C21H29FO2/c1-4-12-5-6-15-14-10-17(22)16-9-13(23)7-8-20(16,2)19(14)18(24)11-21(12,15)3/h7-9,12,14-15,17-19,24H,4-6,10-11H2,1-3H3/t12-,14-,15-,17+,18-,19+,20-,21+/m0/s1. The van der Waals surface area contributed by atoms with E-state index in [1.165, 1.54) is 12.5 Å². The fraction of sp³-hybridized carbons (Fsp3) is 0.762. The average Bonchev–Trinajstić information content (AvgIpc) is 2.84. The van der Waals surface area contributed by atoms with Gasteiger partial charge in [-0.15, -0.1) is 0 Å². The van der Waals surface area contributed by atoms with Crippen molar-refractivity contribution in [3.05, 3.63) is 23.8 Å². The van der Waals surface area contributed by atoms with E-state index in [1.54, 1.807) is 6.08 Å².